The van der Waals surface area contributed by atoms with Crippen molar-refractivity contribution in [3.05, 3.63) is 42.5 Å². The summed E-state index contributed by atoms with van der Waals surface area (Å²) < 4.78 is 5.27. The minimum atomic E-state index is 0.0513. The molecule has 0 spiro atoms. The molecule has 0 radical (unpaired) electrons. The maximum atomic E-state index is 12.2. The Hall–Kier alpha value is -2.41. The highest BCUT2D eigenvalue weighted by atomic mass is 16.3. The average molecular weight is 329 g/mol. The van der Waals surface area contributed by atoms with Crippen LogP contribution in [0.25, 0.3) is 0 Å². The lowest BCUT2D eigenvalue weighted by Crippen LogP contribution is -2.42. The lowest BCUT2D eigenvalue weighted by atomic mass is 10.2. The second-order valence-electron chi connectivity index (χ2n) is 6.03. The maximum Gasteiger partial charge on any atom is 0.236 e. The number of amides is 1. The largest absolute Gasteiger partial charge is 0.467 e. The van der Waals surface area contributed by atoms with E-state index in [1.165, 1.54) is 0 Å². The molecule has 128 valence electrons. The lowest BCUT2D eigenvalue weighted by Gasteiger charge is -2.25. The van der Waals surface area contributed by atoms with Gasteiger partial charge in [0, 0.05) is 32.4 Å². The normalized spacial score (nSPS) is 17.2. The number of nitrogens with zero attached hydrogens (tertiary/aromatic N) is 4. The Bertz CT molecular complexity index is 632. The van der Waals surface area contributed by atoms with Gasteiger partial charge in [-0.1, -0.05) is 0 Å². The third-order valence-electron chi connectivity index (χ3n) is 4.28. The van der Waals surface area contributed by atoms with Crippen LogP contribution in [0.2, 0.25) is 0 Å². The number of hydrogen-bond acceptors (Lipinski definition) is 6. The molecule has 0 saturated carbocycles. The van der Waals surface area contributed by atoms with Gasteiger partial charge in [-0.25, -0.2) is 0 Å². The molecular weight excluding hydrogens is 306 g/mol. The third kappa shape index (κ3) is 4.11. The van der Waals surface area contributed by atoms with E-state index in [0.717, 1.165) is 37.5 Å². The molecule has 7 heteroatoms. The molecule has 0 bridgehead atoms. The van der Waals surface area contributed by atoms with Crippen molar-refractivity contribution < 1.29 is 9.21 Å². The Labute approximate surface area is 141 Å². The Morgan fingerprint density at radius 2 is 2.38 bits per heavy atom. The molecule has 3 rings (SSSR count). The van der Waals surface area contributed by atoms with Crippen LogP contribution in [0.3, 0.4) is 0 Å². The summed E-state index contributed by atoms with van der Waals surface area (Å²) in [5.74, 6) is 1.74. The van der Waals surface area contributed by atoms with E-state index < -0.39 is 0 Å². The number of carbonyl (C=O) groups is 1. The molecule has 3 heterocycles. The number of nitrogens with one attached hydrogen (secondary N) is 1. The van der Waals surface area contributed by atoms with Crippen LogP contribution in [-0.2, 0) is 11.3 Å². The summed E-state index contributed by atoms with van der Waals surface area (Å²) in [6, 6.07) is 7.93. The standard InChI is InChI=1S/C17H23N5O2/c1-21(13-15-6-4-10-24-15)17(23)12-18-11-14-5-3-9-22(14)16-7-2-8-19-20-16/h2,4,6-8,10,14,18H,3,5,9,11-13H2,1H3/t14-/m0/s1. The molecule has 24 heavy (non-hydrogen) atoms. The molecule has 1 aliphatic rings. The number of likely N-dealkylation sites (N-methyl/N-ethyl adjacent to an activating group) is 1. The molecule has 0 aromatic carbocycles. The van der Waals surface area contributed by atoms with Gasteiger partial charge in [-0.05, 0) is 37.1 Å². The smallest absolute Gasteiger partial charge is 0.236 e. The Morgan fingerprint density at radius 1 is 1.46 bits per heavy atom. The molecular formula is C17H23N5O2. The Kier molecular flexibility index (Phi) is 5.43. The highest BCUT2D eigenvalue weighted by Crippen LogP contribution is 2.22. The molecule has 2 aromatic heterocycles. The monoisotopic (exact) mass is 329 g/mol. The fourth-order valence-corrected chi connectivity index (χ4v) is 3.00. The summed E-state index contributed by atoms with van der Waals surface area (Å²) >= 11 is 0. The molecule has 1 fully saturated rings. The van der Waals surface area contributed by atoms with Gasteiger partial charge in [-0.15, -0.1) is 5.10 Å². The minimum Gasteiger partial charge on any atom is -0.467 e. The van der Waals surface area contributed by atoms with Gasteiger partial charge in [0.05, 0.1) is 19.4 Å². The van der Waals surface area contributed by atoms with Crippen LogP contribution >= 0.6 is 0 Å². The second-order valence-corrected chi connectivity index (χ2v) is 6.03. The van der Waals surface area contributed by atoms with Gasteiger partial charge in [0.25, 0.3) is 0 Å². The van der Waals surface area contributed by atoms with E-state index in [4.69, 9.17) is 4.42 Å². The summed E-state index contributed by atoms with van der Waals surface area (Å²) in [6.07, 6.45) is 5.53. The number of carbonyl (C=O) groups excluding carboxylic acids is 1. The second kappa shape index (κ2) is 7.92. The summed E-state index contributed by atoms with van der Waals surface area (Å²) in [6.45, 7) is 2.55. The first-order valence-electron chi connectivity index (χ1n) is 8.25. The lowest BCUT2D eigenvalue weighted by molar-refractivity contribution is -0.129. The van der Waals surface area contributed by atoms with E-state index in [0.29, 0.717) is 19.1 Å². The van der Waals surface area contributed by atoms with Crippen molar-refractivity contribution >= 4 is 11.7 Å². The van der Waals surface area contributed by atoms with Crippen molar-refractivity contribution in [3.8, 4) is 0 Å². The van der Waals surface area contributed by atoms with Crippen molar-refractivity contribution in [3.63, 3.8) is 0 Å². The number of furan rings is 1. The van der Waals surface area contributed by atoms with E-state index in [1.54, 1.807) is 24.4 Å². The summed E-state index contributed by atoms with van der Waals surface area (Å²) in [5.41, 5.74) is 0. The summed E-state index contributed by atoms with van der Waals surface area (Å²) in [7, 11) is 1.79. The Balaban J connectivity index is 1.44. The molecule has 0 unspecified atom stereocenters. The first-order valence-corrected chi connectivity index (χ1v) is 8.25. The first kappa shape index (κ1) is 16.4. The highest BCUT2D eigenvalue weighted by Gasteiger charge is 2.25. The Morgan fingerprint density at radius 3 is 3.12 bits per heavy atom. The van der Waals surface area contributed by atoms with E-state index >= 15 is 0 Å². The van der Waals surface area contributed by atoms with Gasteiger partial charge >= 0.3 is 0 Å². The molecule has 7 nitrogen and oxygen atoms in total. The van der Waals surface area contributed by atoms with Crippen molar-refractivity contribution in [2.24, 2.45) is 0 Å². The van der Waals surface area contributed by atoms with Crippen molar-refractivity contribution in [2.45, 2.75) is 25.4 Å². The van der Waals surface area contributed by atoms with Crippen molar-refractivity contribution in [1.82, 2.24) is 20.4 Å². The quantitative estimate of drug-likeness (QED) is 0.825. The van der Waals surface area contributed by atoms with Crippen LogP contribution < -0.4 is 10.2 Å². The molecule has 1 saturated heterocycles. The average Bonchev–Trinajstić information content (AvgIpc) is 3.27. The fraction of sp³-hybridized carbons (Fsp3) is 0.471. The van der Waals surface area contributed by atoms with Gasteiger partial charge in [0.2, 0.25) is 5.91 Å². The van der Waals surface area contributed by atoms with Gasteiger partial charge < -0.3 is 19.5 Å². The number of rotatable bonds is 7. The first-order chi connectivity index (χ1) is 11.7. The van der Waals surface area contributed by atoms with Crippen LogP contribution in [-0.4, -0.2) is 53.7 Å². The van der Waals surface area contributed by atoms with Gasteiger partial charge in [-0.3, -0.25) is 4.79 Å². The zero-order valence-electron chi connectivity index (χ0n) is 13.9. The predicted molar refractivity (Wildman–Crippen MR) is 90.5 cm³/mol. The summed E-state index contributed by atoms with van der Waals surface area (Å²) in [5, 5.41) is 11.4. The van der Waals surface area contributed by atoms with Crippen LogP contribution in [0, 0.1) is 0 Å². The van der Waals surface area contributed by atoms with E-state index in [9.17, 15) is 4.79 Å². The van der Waals surface area contributed by atoms with Gasteiger partial charge in [0.15, 0.2) is 5.82 Å². The minimum absolute atomic E-state index is 0.0513. The fourth-order valence-electron chi connectivity index (χ4n) is 3.00. The zero-order valence-corrected chi connectivity index (χ0v) is 13.9. The molecule has 1 aliphatic heterocycles. The highest BCUT2D eigenvalue weighted by molar-refractivity contribution is 5.77. The molecule has 1 amide bonds. The van der Waals surface area contributed by atoms with Crippen LogP contribution in [0.4, 0.5) is 5.82 Å². The van der Waals surface area contributed by atoms with Crippen molar-refractivity contribution in [1.29, 1.82) is 0 Å². The van der Waals surface area contributed by atoms with Crippen LogP contribution in [0.15, 0.2) is 41.1 Å². The molecule has 2 aromatic rings. The topological polar surface area (TPSA) is 74.5 Å². The van der Waals surface area contributed by atoms with E-state index in [-0.39, 0.29) is 5.91 Å². The maximum absolute atomic E-state index is 12.2. The van der Waals surface area contributed by atoms with Crippen molar-refractivity contribution in [2.75, 3.05) is 31.6 Å². The SMILES string of the molecule is CN(Cc1ccco1)C(=O)CNC[C@@H]1CCCN1c1cccnn1. The zero-order chi connectivity index (χ0) is 16.8. The van der Waals surface area contributed by atoms with Crippen LogP contribution in [0.5, 0.6) is 0 Å². The molecule has 1 atom stereocenters. The molecule has 0 aliphatic carbocycles. The molecule has 1 N–H and O–H groups in total. The number of hydrogen-bond donors (Lipinski definition) is 1. The van der Waals surface area contributed by atoms with E-state index in [2.05, 4.69) is 20.4 Å². The van der Waals surface area contributed by atoms with Crippen LogP contribution in [0.1, 0.15) is 18.6 Å². The van der Waals surface area contributed by atoms with Gasteiger partial charge in [0.1, 0.15) is 5.76 Å². The third-order valence-corrected chi connectivity index (χ3v) is 4.28. The van der Waals surface area contributed by atoms with Gasteiger partial charge in [-0.2, -0.15) is 5.10 Å². The number of aromatic nitrogens is 2. The number of anilines is 1. The van der Waals surface area contributed by atoms with E-state index in [1.807, 2.05) is 24.3 Å². The predicted octanol–water partition coefficient (Wildman–Crippen LogP) is 1.29. The summed E-state index contributed by atoms with van der Waals surface area (Å²) in [4.78, 5) is 16.1.